The van der Waals surface area contributed by atoms with Crippen LogP contribution in [0.25, 0.3) is 10.8 Å². The fraction of sp³-hybridized carbons (Fsp3) is 0.200. The molecule has 8 heteroatoms. The van der Waals surface area contributed by atoms with Crippen LogP contribution in [0, 0.1) is 0 Å². The SMILES string of the molecule is COc1ccc(NC(=O)C2=C(C)NC(=O)NC2c2c(OC)ccc3ccccc23)c(OC)c1. The van der Waals surface area contributed by atoms with E-state index in [4.69, 9.17) is 14.2 Å². The van der Waals surface area contributed by atoms with E-state index in [2.05, 4.69) is 16.0 Å². The van der Waals surface area contributed by atoms with Crippen molar-refractivity contribution < 1.29 is 23.8 Å². The molecule has 3 amide bonds. The lowest BCUT2D eigenvalue weighted by atomic mass is 9.90. The number of hydrogen-bond donors (Lipinski definition) is 3. The van der Waals surface area contributed by atoms with Crippen molar-refractivity contribution in [2.24, 2.45) is 0 Å². The molecule has 8 nitrogen and oxygen atoms in total. The zero-order valence-electron chi connectivity index (χ0n) is 18.8. The quantitative estimate of drug-likeness (QED) is 0.528. The van der Waals surface area contributed by atoms with E-state index < -0.39 is 12.1 Å². The molecule has 3 aromatic rings. The number of hydrogen-bond acceptors (Lipinski definition) is 5. The zero-order valence-corrected chi connectivity index (χ0v) is 18.8. The molecule has 1 atom stereocenters. The normalized spacial score (nSPS) is 15.5. The maximum atomic E-state index is 13.5. The molecule has 170 valence electrons. The highest BCUT2D eigenvalue weighted by molar-refractivity contribution is 6.08. The Morgan fingerprint density at radius 3 is 2.42 bits per heavy atom. The summed E-state index contributed by atoms with van der Waals surface area (Å²) in [7, 11) is 4.63. The van der Waals surface area contributed by atoms with Crippen LogP contribution < -0.4 is 30.2 Å². The lowest BCUT2D eigenvalue weighted by Gasteiger charge is -2.30. The largest absolute Gasteiger partial charge is 0.497 e. The van der Waals surface area contributed by atoms with Gasteiger partial charge in [0.25, 0.3) is 5.91 Å². The summed E-state index contributed by atoms with van der Waals surface area (Å²) in [6, 6.07) is 15.5. The standard InChI is InChI=1S/C25H25N3O5/c1-14-21(24(29)27-18-11-10-16(31-2)13-20(18)33-4)23(28-25(30)26-14)22-17-8-6-5-7-15(17)9-12-19(22)32-3/h5-13,23H,1-4H3,(H,27,29)(H2,26,28,30). The van der Waals surface area contributed by atoms with Gasteiger partial charge in [-0.15, -0.1) is 0 Å². The second-order valence-electron chi connectivity index (χ2n) is 7.49. The van der Waals surface area contributed by atoms with Gasteiger partial charge < -0.3 is 30.2 Å². The lowest BCUT2D eigenvalue weighted by molar-refractivity contribution is -0.113. The predicted molar refractivity (Wildman–Crippen MR) is 126 cm³/mol. The summed E-state index contributed by atoms with van der Waals surface area (Å²) in [5, 5.41) is 10.3. The Hall–Kier alpha value is -4.20. The molecule has 0 radical (unpaired) electrons. The van der Waals surface area contributed by atoms with Gasteiger partial charge in [-0.1, -0.05) is 30.3 Å². The van der Waals surface area contributed by atoms with E-state index >= 15 is 0 Å². The van der Waals surface area contributed by atoms with Crippen LogP contribution in [-0.2, 0) is 4.79 Å². The summed E-state index contributed by atoms with van der Waals surface area (Å²) in [5.74, 6) is 1.24. The second-order valence-corrected chi connectivity index (χ2v) is 7.49. The van der Waals surface area contributed by atoms with E-state index in [1.54, 1.807) is 39.3 Å². The van der Waals surface area contributed by atoms with E-state index in [1.807, 2.05) is 36.4 Å². The molecule has 0 aromatic heterocycles. The van der Waals surface area contributed by atoms with Crippen molar-refractivity contribution in [1.82, 2.24) is 10.6 Å². The number of fused-ring (bicyclic) bond motifs is 1. The minimum atomic E-state index is -0.732. The number of rotatable bonds is 6. The molecular weight excluding hydrogens is 422 g/mol. The van der Waals surface area contributed by atoms with Crippen LogP contribution in [0.2, 0.25) is 0 Å². The number of ether oxygens (including phenoxy) is 3. The first-order chi connectivity index (χ1) is 16.0. The lowest BCUT2D eigenvalue weighted by Crippen LogP contribution is -2.46. The highest BCUT2D eigenvalue weighted by atomic mass is 16.5. The van der Waals surface area contributed by atoms with Gasteiger partial charge in [0.15, 0.2) is 0 Å². The summed E-state index contributed by atoms with van der Waals surface area (Å²) in [5.41, 5.74) is 1.99. The fourth-order valence-corrected chi connectivity index (χ4v) is 4.05. The fourth-order valence-electron chi connectivity index (χ4n) is 4.05. The van der Waals surface area contributed by atoms with Gasteiger partial charge in [-0.3, -0.25) is 4.79 Å². The van der Waals surface area contributed by atoms with Crippen molar-refractivity contribution in [3.8, 4) is 17.2 Å². The predicted octanol–water partition coefficient (Wildman–Crippen LogP) is 4.13. The zero-order chi connectivity index (χ0) is 23.5. The molecule has 0 saturated carbocycles. The van der Waals surface area contributed by atoms with E-state index in [1.165, 1.54) is 7.11 Å². The van der Waals surface area contributed by atoms with E-state index in [-0.39, 0.29) is 5.91 Å². The van der Waals surface area contributed by atoms with E-state index in [0.29, 0.717) is 39.8 Å². The number of anilines is 1. The van der Waals surface area contributed by atoms with Crippen LogP contribution in [0.3, 0.4) is 0 Å². The smallest absolute Gasteiger partial charge is 0.319 e. The Balaban J connectivity index is 1.81. The van der Waals surface area contributed by atoms with Crippen LogP contribution in [-0.4, -0.2) is 33.3 Å². The van der Waals surface area contributed by atoms with Crippen molar-refractivity contribution in [2.45, 2.75) is 13.0 Å². The molecule has 4 rings (SSSR count). The Bertz CT molecular complexity index is 1270. The Morgan fingerprint density at radius 1 is 0.939 bits per heavy atom. The molecule has 0 bridgehead atoms. The Morgan fingerprint density at radius 2 is 1.70 bits per heavy atom. The molecule has 1 aliphatic heterocycles. The first-order valence-corrected chi connectivity index (χ1v) is 10.3. The number of methoxy groups -OCH3 is 3. The Kier molecular flexibility index (Phi) is 6.08. The molecule has 1 unspecified atom stereocenters. The van der Waals surface area contributed by atoms with Gasteiger partial charge in [0, 0.05) is 17.3 Å². The highest BCUT2D eigenvalue weighted by Crippen LogP contribution is 2.39. The topological polar surface area (TPSA) is 97.9 Å². The van der Waals surface area contributed by atoms with Crippen LogP contribution in [0.15, 0.2) is 65.9 Å². The second kappa shape index (κ2) is 9.12. The van der Waals surface area contributed by atoms with Crippen LogP contribution >= 0.6 is 0 Å². The van der Waals surface area contributed by atoms with Crippen molar-refractivity contribution in [2.75, 3.05) is 26.6 Å². The summed E-state index contributed by atoms with van der Waals surface area (Å²) in [4.78, 5) is 26.0. The number of carbonyl (C=O) groups is 2. The third-order valence-corrected chi connectivity index (χ3v) is 5.61. The van der Waals surface area contributed by atoms with Gasteiger partial charge in [0.05, 0.1) is 38.6 Å². The first kappa shape index (κ1) is 22.0. The number of nitrogens with one attached hydrogen (secondary N) is 3. The number of urea groups is 1. The van der Waals surface area contributed by atoms with Gasteiger partial charge in [0.2, 0.25) is 0 Å². The molecule has 0 saturated heterocycles. The first-order valence-electron chi connectivity index (χ1n) is 10.3. The van der Waals surface area contributed by atoms with Crippen molar-refractivity contribution in [1.29, 1.82) is 0 Å². The number of benzene rings is 3. The summed E-state index contributed by atoms with van der Waals surface area (Å²) in [6.45, 7) is 1.70. The third-order valence-electron chi connectivity index (χ3n) is 5.61. The van der Waals surface area contributed by atoms with Gasteiger partial charge in [0.1, 0.15) is 17.2 Å². The average molecular weight is 447 g/mol. The van der Waals surface area contributed by atoms with E-state index in [9.17, 15) is 9.59 Å². The molecule has 0 aliphatic carbocycles. The van der Waals surface area contributed by atoms with Gasteiger partial charge >= 0.3 is 6.03 Å². The highest BCUT2D eigenvalue weighted by Gasteiger charge is 2.34. The average Bonchev–Trinajstić information content (AvgIpc) is 2.82. The van der Waals surface area contributed by atoms with E-state index in [0.717, 1.165) is 10.8 Å². The maximum absolute atomic E-state index is 13.5. The monoisotopic (exact) mass is 447 g/mol. The molecule has 3 N–H and O–H groups in total. The summed E-state index contributed by atoms with van der Waals surface area (Å²) < 4.78 is 16.3. The molecule has 1 heterocycles. The molecule has 0 fully saturated rings. The Labute approximate surface area is 191 Å². The van der Waals surface area contributed by atoms with Gasteiger partial charge in [-0.2, -0.15) is 0 Å². The van der Waals surface area contributed by atoms with Crippen molar-refractivity contribution in [3.05, 3.63) is 71.4 Å². The van der Waals surface area contributed by atoms with Gasteiger partial charge in [-0.05, 0) is 35.9 Å². The third kappa shape index (κ3) is 4.15. The van der Waals surface area contributed by atoms with Crippen LogP contribution in [0.1, 0.15) is 18.5 Å². The van der Waals surface area contributed by atoms with Crippen molar-refractivity contribution >= 4 is 28.4 Å². The molecule has 3 aromatic carbocycles. The molecule has 33 heavy (non-hydrogen) atoms. The summed E-state index contributed by atoms with van der Waals surface area (Å²) >= 11 is 0. The van der Waals surface area contributed by atoms with Crippen LogP contribution in [0.5, 0.6) is 17.2 Å². The van der Waals surface area contributed by atoms with Crippen LogP contribution in [0.4, 0.5) is 10.5 Å². The number of amides is 3. The summed E-state index contributed by atoms with van der Waals surface area (Å²) in [6.07, 6.45) is 0. The minimum absolute atomic E-state index is 0.363. The number of allylic oxidation sites excluding steroid dienone is 1. The maximum Gasteiger partial charge on any atom is 0.319 e. The minimum Gasteiger partial charge on any atom is -0.497 e. The number of carbonyl (C=O) groups excluding carboxylic acids is 2. The molecule has 0 spiro atoms. The van der Waals surface area contributed by atoms with Crippen molar-refractivity contribution in [3.63, 3.8) is 0 Å². The molecular formula is C25H25N3O5. The molecule has 1 aliphatic rings. The van der Waals surface area contributed by atoms with Gasteiger partial charge in [-0.25, -0.2) is 4.79 Å².